The molecule has 4 amide bonds. The molecule has 0 saturated carbocycles. The molecule has 0 rings (SSSR count). The Balaban J connectivity index is 4.19. The van der Waals surface area contributed by atoms with Crippen molar-refractivity contribution in [1.29, 1.82) is 0 Å². The number of hydrogen-bond acceptors (Lipinski definition) is 13. The molecule has 0 aromatic rings. The lowest BCUT2D eigenvalue weighted by Gasteiger charge is -2.26. The molecule has 8 N–H and O–H groups in total. The fourth-order valence-electron chi connectivity index (χ4n) is 4.30. The third-order valence-corrected chi connectivity index (χ3v) is 7.34. The van der Waals surface area contributed by atoms with Gasteiger partial charge in [-0.25, -0.2) is 9.59 Å². The summed E-state index contributed by atoms with van der Waals surface area (Å²) in [5.41, 5.74) is -1.00. The molecule has 0 aromatic heterocycles. The van der Waals surface area contributed by atoms with Crippen LogP contribution >= 0.6 is 0 Å². The topological polar surface area (TPSA) is 294 Å². The molecule has 3 atom stereocenters. The summed E-state index contributed by atoms with van der Waals surface area (Å²) in [6.07, 6.45) is -1.71. The molecule has 0 unspecified atom stereocenters. The van der Waals surface area contributed by atoms with Crippen molar-refractivity contribution in [1.82, 2.24) is 26.6 Å². The lowest BCUT2D eigenvalue weighted by Crippen LogP contribution is -2.48. The van der Waals surface area contributed by atoms with E-state index < -0.39 is 71.1 Å². The fraction of sp³-hybridized carbons (Fsp3) is 0.771. The molecule has 0 aromatic carbocycles. The van der Waals surface area contributed by atoms with E-state index in [9.17, 15) is 53.7 Å². The zero-order valence-corrected chi connectivity index (χ0v) is 32.8. The summed E-state index contributed by atoms with van der Waals surface area (Å²) in [5.74, 6) is -6.39. The van der Waals surface area contributed by atoms with Crippen LogP contribution in [0.2, 0.25) is 0 Å². The van der Waals surface area contributed by atoms with E-state index in [-0.39, 0.29) is 110 Å². The number of amides is 4. The summed E-state index contributed by atoms with van der Waals surface area (Å²) in [5, 5.41) is 40.9. The van der Waals surface area contributed by atoms with Crippen LogP contribution in [-0.2, 0) is 57.3 Å². The first-order valence-corrected chi connectivity index (χ1v) is 18.0. The molecule has 0 aliphatic heterocycles. The largest absolute Gasteiger partial charge is 0.480 e. The van der Waals surface area contributed by atoms with Crippen LogP contribution in [0.4, 0.5) is 0 Å². The van der Waals surface area contributed by atoms with E-state index in [0.717, 1.165) is 0 Å². The van der Waals surface area contributed by atoms with Gasteiger partial charge in [0, 0.05) is 43.3 Å². The van der Waals surface area contributed by atoms with Gasteiger partial charge in [-0.3, -0.25) is 34.1 Å². The lowest BCUT2D eigenvalue weighted by molar-refractivity contribution is -0.144. The number of nitrogens with one attached hydrogen (secondary N) is 5. The second kappa shape index (κ2) is 27.4. The summed E-state index contributed by atoms with van der Waals surface area (Å²) in [6, 6.07) is -3.96. The van der Waals surface area contributed by atoms with E-state index in [1.165, 1.54) is 0 Å². The normalized spacial score (nSPS) is 13.2. The van der Waals surface area contributed by atoms with Crippen LogP contribution in [0.25, 0.3) is 0 Å². The summed E-state index contributed by atoms with van der Waals surface area (Å²) >= 11 is 0. The minimum atomic E-state index is -1.48. The maximum absolute atomic E-state index is 12.4. The average molecular weight is 792 g/mol. The highest BCUT2D eigenvalue weighted by molar-refractivity contribution is 5.87. The molecule has 0 aliphatic carbocycles. The van der Waals surface area contributed by atoms with Gasteiger partial charge >= 0.3 is 17.9 Å². The van der Waals surface area contributed by atoms with Crippen molar-refractivity contribution in [2.45, 2.75) is 104 Å². The zero-order chi connectivity index (χ0) is 42.0. The predicted molar refractivity (Wildman–Crippen MR) is 195 cm³/mol. The minimum Gasteiger partial charge on any atom is -0.480 e. The van der Waals surface area contributed by atoms with Crippen LogP contribution in [0.3, 0.4) is 0 Å². The molecule has 0 fully saturated rings. The Morgan fingerprint density at radius 3 is 1.29 bits per heavy atom. The quantitative estimate of drug-likeness (QED) is 0.0400. The summed E-state index contributed by atoms with van der Waals surface area (Å²) in [6.45, 7) is 12.1. The SMILES string of the molecule is CC(C)(C)N[C@@H](CCC(=O)N[C@@H](CCC(=O)N[C@@H](CCC(=O)NCCOCCOCC(=O)NCCOCCOCC(=O)C(C)(C)C)C(=O)O)C(=O)O)C(=O)O. The number of carbonyl (C=O) groups excluding carboxylic acids is 5. The Hall–Kier alpha value is -4.24. The Morgan fingerprint density at radius 1 is 0.491 bits per heavy atom. The van der Waals surface area contributed by atoms with E-state index in [2.05, 4.69) is 26.6 Å². The fourth-order valence-corrected chi connectivity index (χ4v) is 4.30. The zero-order valence-electron chi connectivity index (χ0n) is 32.8. The molecule has 0 saturated heterocycles. The van der Waals surface area contributed by atoms with Crippen molar-refractivity contribution in [3.8, 4) is 0 Å². The van der Waals surface area contributed by atoms with Gasteiger partial charge in [0.25, 0.3) is 0 Å². The van der Waals surface area contributed by atoms with Crippen LogP contribution < -0.4 is 26.6 Å². The van der Waals surface area contributed by atoms with E-state index >= 15 is 0 Å². The third-order valence-electron chi connectivity index (χ3n) is 7.34. The molecular formula is C35H61N5O15. The minimum absolute atomic E-state index is 0.00201. The predicted octanol–water partition coefficient (Wildman–Crippen LogP) is -0.779. The van der Waals surface area contributed by atoms with Gasteiger partial charge in [-0.2, -0.15) is 0 Å². The maximum Gasteiger partial charge on any atom is 0.326 e. The Bertz CT molecular complexity index is 1250. The average Bonchev–Trinajstić information content (AvgIpc) is 3.07. The Morgan fingerprint density at radius 2 is 0.873 bits per heavy atom. The summed E-state index contributed by atoms with van der Waals surface area (Å²) in [7, 11) is 0. The molecule has 20 heteroatoms. The van der Waals surface area contributed by atoms with Gasteiger partial charge in [-0.15, -0.1) is 0 Å². The molecule has 0 radical (unpaired) electrons. The molecule has 0 bridgehead atoms. The smallest absolute Gasteiger partial charge is 0.326 e. The first-order chi connectivity index (χ1) is 25.6. The third kappa shape index (κ3) is 27.9. The van der Waals surface area contributed by atoms with E-state index in [1.807, 2.05) is 20.8 Å². The number of ether oxygens (including phenoxy) is 4. The summed E-state index contributed by atoms with van der Waals surface area (Å²) in [4.78, 5) is 95.3. The van der Waals surface area contributed by atoms with Crippen molar-refractivity contribution in [2.24, 2.45) is 5.41 Å². The van der Waals surface area contributed by atoms with Gasteiger partial charge in [0.15, 0.2) is 5.78 Å². The van der Waals surface area contributed by atoms with Gasteiger partial charge in [0.2, 0.25) is 23.6 Å². The van der Waals surface area contributed by atoms with Crippen molar-refractivity contribution in [3.05, 3.63) is 0 Å². The van der Waals surface area contributed by atoms with Gasteiger partial charge < -0.3 is 55.5 Å². The van der Waals surface area contributed by atoms with E-state index in [0.29, 0.717) is 0 Å². The number of carbonyl (C=O) groups is 8. The van der Waals surface area contributed by atoms with Gasteiger partial charge in [-0.1, -0.05) is 20.8 Å². The summed E-state index contributed by atoms with van der Waals surface area (Å²) < 4.78 is 21.2. The van der Waals surface area contributed by atoms with Gasteiger partial charge in [-0.05, 0) is 40.0 Å². The first-order valence-electron chi connectivity index (χ1n) is 18.0. The van der Waals surface area contributed by atoms with Crippen molar-refractivity contribution in [3.63, 3.8) is 0 Å². The molecule has 20 nitrogen and oxygen atoms in total. The highest BCUT2D eigenvalue weighted by Gasteiger charge is 2.27. The van der Waals surface area contributed by atoms with Gasteiger partial charge in [0.1, 0.15) is 31.3 Å². The highest BCUT2D eigenvalue weighted by atomic mass is 16.5. The van der Waals surface area contributed by atoms with E-state index in [4.69, 9.17) is 18.9 Å². The van der Waals surface area contributed by atoms with Crippen LogP contribution in [0, 0.1) is 5.41 Å². The number of carboxylic acid groups (broad SMARTS) is 3. The monoisotopic (exact) mass is 791 g/mol. The second-order valence-electron chi connectivity index (χ2n) is 14.5. The number of carboxylic acids is 3. The number of rotatable bonds is 31. The highest BCUT2D eigenvalue weighted by Crippen LogP contribution is 2.14. The van der Waals surface area contributed by atoms with E-state index in [1.54, 1.807) is 20.8 Å². The number of Topliss-reactive ketones (excluding diaryl/α,β-unsaturated/α-hetero) is 1. The molecule has 0 spiro atoms. The second-order valence-corrected chi connectivity index (χ2v) is 14.5. The van der Waals surface area contributed by atoms with Gasteiger partial charge in [0.05, 0.1) is 39.6 Å². The molecule has 55 heavy (non-hydrogen) atoms. The number of ketones is 1. The van der Waals surface area contributed by atoms with Crippen LogP contribution in [0.1, 0.15) is 80.1 Å². The molecule has 316 valence electrons. The van der Waals surface area contributed by atoms with Crippen LogP contribution in [-0.4, -0.2) is 152 Å². The first kappa shape index (κ1) is 50.8. The molecular weight excluding hydrogens is 730 g/mol. The Kier molecular flexibility index (Phi) is 25.2. The van der Waals surface area contributed by atoms with Crippen molar-refractivity contribution >= 4 is 47.3 Å². The lowest BCUT2D eigenvalue weighted by atomic mass is 9.91. The standard InChI is InChI=1S/C35H61N5O15/c1-34(2,3)26(41)21-54-19-17-53-16-14-37-30(45)22-55-20-18-52-15-13-36-27(42)10-7-23(31(46)47)38-28(43)11-8-24(32(48)49)39-29(44)12-9-25(33(50)51)40-35(4,5)6/h23-25,40H,7-22H2,1-6H3,(H,36,42)(H,37,45)(H,38,43)(H,39,44)(H,46,47)(H,48,49)(H,50,51)/t23-,24-,25-/m0/s1. The maximum atomic E-state index is 12.4. The Labute approximate surface area is 321 Å². The van der Waals surface area contributed by atoms with Crippen molar-refractivity contribution in [2.75, 3.05) is 65.9 Å². The van der Waals surface area contributed by atoms with Crippen LogP contribution in [0.15, 0.2) is 0 Å². The molecule has 0 aliphatic rings. The number of hydrogen-bond donors (Lipinski definition) is 8. The number of aliphatic carboxylic acids is 3. The van der Waals surface area contributed by atoms with Crippen molar-refractivity contribution < 1.29 is 72.6 Å². The van der Waals surface area contributed by atoms with Crippen LogP contribution in [0.5, 0.6) is 0 Å². The molecule has 0 heterocycles.